The number of halogens is 1. The van der Waals surface area contributed by atoms with Gasteiger partial charge in [0.1, 0.15) is 5.75 Å². The minimum Gasteiger partial charge on any atom is -0.507 e. The molecule has 5 heteroatoms. The molecule has 0 radical (unpaired) electrons. The third kappa shape index (κ3) is 3.66. The van der Waals surface area contributed by atoms with Gasteiger partial charge in [0.25, 0.3) is 5.91 Å². The molecule has 0 heterocycles. The van der Waals surface area contributed by atoms with Gasteiger partial charge in [-0.3, -0.25) is 4.79 Å². The van der Waals surface area contributed by atoms with Crippen LogP contribution in [0.3, 0.4) is 0 Å². The molecule has 0 unspecified atom stereocenters. The molecule has 0 saturated heterocycles. The zero-order valence-electron chi connectivity index (χ0n) is 9.07. The highest BCUT2D eigenvalue weighted by atomic mass is 79.9. The van der Waals surface area contributed by atoms with Crippen molar-refractivity contribution in [3.63, 3.8) is 0 Å². The molecule has 0 atom stereocenters. The summed E-state index contributed by atoms with van der Waals surface area (Å²) in [5, 5.41) is 13.2. The monoisotopic (exact) mass is 284 g/mol. The number of hydrogen-bond donors (Lipinski definition) is 2. The molecule has 0 aliphatic carbocycles. The van der Waals surface area contributed by atoms with Crippen molar-refractivity contribution in [1.29, 1.82) is 0 Å². The molecular weight excluding hydrogens is 272 g/mol. The summed E-state index contributed by atoms with van der Waals surface area (Å²) in [5.41, 5.74) is 2.54. The second kappa shape index (κ2) is 5.65. The zero-order chi connectivity index (χ0) is 12.1. The van der Waals surface area contributed by atoms with Crippen LogP contribution in [0.1, 0.15) is 24.2 Å². The SMILES string of the molecule is CC(C)/C=N\NC(=O)c1cc(Br)ccc1O. The van der Waals surface area contributed by atoms with E-state index in [-0.39, 0.29) is 17.2 Å². The first-order chi connectivity index (χ1) is 7.50. The van der Waals surface area contributed by atoms with Crippen LogP contribution in [0.25, 0.3) is 0 Å². The Hall–Kier alpha value is -1.36. The Morgan fingerprint density at radius 2 is 2.25 bits per heavy atom. The van der Waals surface area contributed by atoms with Crippen molar-refractivity contribution in [3.05, 3.63) is 28.2 Å². The van der Waals surface area contributed by atoms with Crippen LogP contribution in [0.5, 0.6) is 5.75 Å². The molecule has 0 aromatic heterocycles. The largest absolute Gasteiger partial charge is 0.507 e. The van der Waals surface area contributed by atoms with Crippen molar-refractivity contribution in [2.75, 3.05) is 0 Å². The van der Waals surface area contributed by atoms with Crippen LogP contribution < -0.4 is 5.43 Å². The summed E-state index contributed by atoms with van der Waals surface area (Å²) in [6.07, 6.45) is 1.62. The number of nitrogens with zero attached hydrogens (tertiary/aromatic N) is 1. The number of rotatable bonds is 3. The Labute approximate surface area is 102 Å². The van der Waals surface area contributed by atoms with Crippen LogP contribution in [-0.4, -0.2) is 17.2 Å². The van der Waals surface area contributed by atoms with Gasteiger partial charge in [-0.15, -0.1) is 0 Å². The summed E-state index contributed by atoms with van der Waals surface area (Å²) in [5.74, 6) is -0.243. The van der Waals surface area contributed by atoms with E-state index in [0.717, 1.165) is 4.47 Å². The Morgan fingerprint density at radius 3 is 2.88 bits per heavy atom. The highest BCUT2D eigenvalue weighted by Gasteiger charge is 2.10. The van der Waals surface area contributed by atoms with E-state index in [1.165, 1.54) is 12.1 Å². The predicted molar refractivity (Wildman–Crippen MR) is 66.6 cm³/mol. The molecule has 4 nitrogen and oxygen atoms in total. The van der Waals surface area contributed by atoms with E-state index in [1.807, 2.05) is 13.8 Å². The number of nitrogens with one attached hydrogen (secondary N) is 1. The van der Waals surface area contributed by atoms with E-state index in [0.29, 0.717) is 0 Å². The zero-order valence-corrected chi connectivity index (χ0v) is 10.7. The van der Waals surface area contributed by atoms with Crippen molar-refractivity contribution >= 4 is 28.1 Å². The normalized spacial score (nSPS) is 11.0. The van der Waals surface area contributed by atoms with Gasteiger partial charge in [0.15, 0.2) is 0 Å². The molecule has 0 aliphatic rings. The van der Waals surface area contributed by atoms with Crippen molar-refractivity contribution in [3.8, 4) is 5.75 Å². The summed E-state index contributed by atoms with van der Waals surface area (Å²) >= 11 is 3.23. The van der Waals surface area contributed by atoms with Gasteiger partial charge < -0.3 is 5.11 Å². The first-order valence-electron chi connectivity index (χ1n) is 4.82. The maximum atomic E-state index is 11.6. The van der Waals surface area contributed by atoms with Crippen molar-refractivity contribution in [1.82, 2.24) is 5.43 Å². The molecule has 0 bridgehead atoms. The number of carbonyl (C=O) groups is 1. The van der Waals surface area contributed by atoms with Gasteiger partial charge in [0.05, 0.1) is 5.56 Å². The molecular formula is C11H13BrN2O2. The van der Waals surface area contributed by atoms with Crippen molar-refractivity contribution in [2.45, 2.75) is 13.8 Å². The predicted octanol–water partition coefficient (Wildman–Crippen LogP) is 2.53. The quantitative estimate of drug-likeness (QED) is 0.662. The topological polar surface area (TPSA) is 61.7 Å². The Kier molecular flexibility index (Phi) is 4.49. The van der Waals surface area contributed by atoms with Gasteiger partial charge in [0, 0.05) is 10.7 Å². The third-order valence-electron chi connectivity index (χ3n) is 1.74. The fourth-order valence-corrected chi connectivity index (χ4v) is 1.36. The Bertz CT molecular complexity index is 416. The average molecular weight is 285 g/mol. The lowest BCUT2D eigenvalue weighted by atomic mass is 10.2. The summed E-state index contributed by atoms with van der Waals surface area (Å²) in [6.45, 7) is 3.90. The molecule has 0 spiro atoms. The van der Waals surface area contributed by atoms with Gasteiger partial charge in [-0.25, -0.2) is 5.43 Å². The van der Waals surface area contributed by atoms with E-state index in [2.05, 4.69) is 26.5 Å². The first-order valence-corrected chi connectivity index (χ1v) is 5.62. The maximum Gasteiger partial charge on any atom is 0.275 e. The van der Waals surface area contributed by atoms with Crippen molar-refractivity contribution < 1.29 is 9.90 Å². The smallest absolute Gasteiger partial charge is 0.275 e. The van der Waals surface area contributed by atoms with Gasteiger partial charge in [-0.1, -0.05) is 29.8 Å². The van der Waals surface area contributed by atoms with E-state index in [9.17, 15) is 9.90 Å². The lowest BCUT2D eigenvalue weighted by molar-refractivity contribution is 0.0952. The fourth-order valence-electron chi connectivity index (χ4n) is 0.995. The third-order valence-corrected chi connectivity index (χ3v) is 2.24. The second-order valence-electron chi connectivity index (χ2n) is 3.62. The minimum atomic E-state index is -0.435. The fraction of sp³-hybridized carbons (Fsp3) is 0.273. The number of hydrazone groups is 1. The lowest BCUT2D eigenvalue weighted by Crippen LogP contribution is -2.18. The highest BCUT2D eigenvalue weighted by molar-refractivity contribution is 9.10. The standard InChI is InChI=1S/C11H13BrN2O2/c1-7(2)6-13-14-11(16)9-5-8(12)3-4-10(9)15/h3-7,15H,1-2H3,(H,14,16)/b13-6-. The van der Waals surface area contributed by atoms with Crippen LogP contribution in [0, 0.1) is 5.92 Å². The molecule has 0 fully saturated rings. The molecule has 1 rings (SSSR count). The molecule has 1 aromatic rings. The van der Waals surface area contributed by atoms with Gasteiger partial charge in [-0.05, 0) is 24.1 Å². The average Bonchev–Trinajstić information content (AvgIpc) is 2.21. The molecule has 16 heavy (non-hydrogen) atoms. The molecule has 0 saturated carbocycles. The number of phenolic OH excluding ortho intramolecular Hbond substituents is 1. The minimum absolute atomic E-state index is 0.0690. The first kappa shape index (κ1) is 12.7. The number of carbonyl (C=O) groups excluding carboxylic acids is 1. The highest BCUT2D eigenvalue weighted by Crippen LogP contribution is 2.21. The number of phenols is 1. The van der Waals surface area contributed by atoms with E-state index < -0.39 is 5.91 Å². The number of hydrogen-bond acceptors (Lipinski definition) is 3. The molecule has 2 N–H and O–H groups in total. The Balaban J connectivity index is 2.77. The van der Waals surface area contributed by atoms with Crippen LogP contribution in [0.15, 0.2) is 27.8 Å². The van der Waals surface area contributed by atoms with Gasteiger partial charge in [0.2, 0.25) is 0 Å². The number of amides is 1. The van der Waals surface area contributed by atoms with E-state index >= 15 is 0 Å². The van der Waals surface area contributed by atoms with E-state index in [1.54, 1.807) is 12.3 Å². The van der Waals surface area contributed by atoms with Crippen LogP contribution in [0.4, 0.5) is 0 Å². The summed E-state index contributed by atoms with van der Waals surface area (Å²) in [7, 11) is 0. The number of aromatic hydroxyl groups is 1. The van der Waals surface area contributed by atoms with Crippen molar-refractivity contribution in [2.24, 2.45) is 11.0 Å². The Morgan fingerprint density at radius 1 is 1.56 bits per heavy atom. The van der Waals surface area contributed by atoms with Crippen LogP contribution in [0.2, 0.25) is 0 Å². The van der Waals surface area contributed by atoms with Gasteiger partial charge in [-0.2, -0.15) is 5.10 Å². The summed E-state index contributed by atoms with van der Waals surface area (Å²) in [4.78, 5) is 11.6. The van der Waals surface area contributed by atoms with E-state index in [4.69, 9.17) is 0 Å². The molecule has 1 amide bonds. The molecule has 86 valence electrons. The number of benzene rings is 1. The van der Waals surface area contributed by atoms with Crippen LogP contribution >= 0.6 is 15.9 Å². The molecule has 0 aliphatic heterocycles. The summed E-state index contributed by atoms with van der Waals surface area (Å²) < 4.78 is 0.725. The van der Waals surface area contributed by atoms with Gasteiger partial charge >= 0.3 is 0 Å². The second-order valence-corrected chi connectivity index (χ2v) is 4.54. The summed E-state index contributed by atoms with van der Waals surface area (Å²) in [6, 6.07) is 4.64. The van der Waals surface area contributed by atoms with Crippen LogP contribution in [-0.2, 0) is 0 Å². The molecule has 1 aromatic carbocycles. The lowest BCUT2D eigenvalue weighted by Gasteiger charge is -2.03. The maximum absolute atomic E-state index is 11.6.